The van der Waals surface area contributed by atoms with E-state index in [9.17, 15) is 13.2 Å². The smallest absolute Gasteiger partial charge is 0.251 e. The number of carbonyl (C=O) groups is 1. The molecule has 2 heterocycles. The van der Waals surface area contributed by atoms with Crippen LogP contribution in [0.25, 0.3) is 0 Å². The SMILES string of the molecule is O=C(NCc1ccc2c(c1)OCCO2)c1cccc(N2CCCCS2(=O)=O)c1. The largest absolute Gasteiger partial charge is 0.486 e. The highest BCUT2D eigenvalue weighted by Gasteiger charge is 2.26. The Hall–Kier alpha value is -2.74. The lowest BCUT2D eigenvalue weighted by Gasteiger charge is -2.28. The van der Waals surface area contributed by atoms with E-state index >= 15 is 0 Å². The highest BCUT2D eigenvalue weighted by molar-refractivity contribution is 7.92. The number of nitrogens with one attached hydrogen (secondary N) is 1. The maximum atomic E-state index is 12.6. The molecule has 2 aliphatic heterocycles. The zero-order valence-electron chi connectivity index (χ0n) is 15.4. The van der Waals surface area contributed by atoms with Gasteiger partial charge in [0.15, 0.2) is 11.5 Å². The average Bonchev–Trinajstić information content (AvgIpc) is 2.71. The molecule has 1 N–H and O–H groups in total. The molecule has 7 nitrogen and oxygen atoms in total. The van der Waals surface area contributed by atoms with Crippen LogP contribution in [0.2, 0.25) is 0 Å². The molecule has 0 spiro atoms. The summed E-state index contributed by atoms with van der Waals surface area (Å²) < 4.78 is 37.0. The van der Waals surface area contributed by atoms with Gasteiger partial charge >= 0.3 is 0 Å². The van der Waals surface area contributed by atoms with E-state index in [0.717, 1.165) is 12.0 Å². The molecule has 0 aromatic heterocycles. The third kappa shape index (κ3) is 3.91. The number of anilines is 1. The standard InChI is InChI=1S/C20H22N2O5S/c23-20(21-14-15-6-7-18-19(12-15)27-10-9-26-18)16-4-3-5-17(13-16)22-8-1-2-11-28(22,24)25/h3-7,12-13H,1-2,8-11,14H2,(H,21,23). The number of hydrogen-bond acceptors (Lipinski definition) is 5. The summed E-state index contributed by atoms with van der Waals surface area (Å²) in [6.45, 7) is 1.83. The fourth-order valence-corrected chi connectivity index (χ4v) is 4.99. The molecule has 0 saturated carbocycles. The Labute approximate surface area is 164 Å². The molecule has 0 bridgehead atoms. The van der Waals surface area contributed by atoms with Crippen LogP contribution in [0.15, 0.2) is 42.5 Å². The second-order valence-corrected chi connectivity index (χ2v) is 8.82. The second-order valence-electron chi connectivity index (χ2n) is 6.81. The van der Waals surface area contributed by atoms with E-state index < -0.39 is 10.0 Å². The Bertz CT molecular complexity index is 990. The number of carbonyl (C=O) groups excluding carboxylic acids is 1. The molecular weight excluding hydrogens is 380 g/mol. The van der Waals surface area contributed by atoms with Crippen LogP contribution < -0.4 is 19.1 Å². The van der Waals surface area contributed by atoms with Crippen LogP contribution in [-0.4, -0.2) is 39.8 Å². The normalized spacial score (nSPS) is 17.8. The zero-order valence-corrected chi connectivity index (χ0v) is 16.2. The van der Waals surface area contributed by atoms with Gasteiger partial charge in [-0.25, -0.2) is 8.42 Å². The quantitative estimate of drug-likeness (QED) is 0.848. The minimum atomic E-state index is -3.31. The van der Waals surface area contributed by atoms with Crippen molar-refractivity contribution in [3.05, 3.63) is 53.6 Å². The van der Waals surface area contributed by atoms with Gasteiger partial charge in [-0.3, -0.25) is 9.10 Å². The van der Waals surface area contributed by atoms with Gasteiger partial charge in [0.05, 0.1) is 11.4 Å². The van der Waals surface area contributed by atoms with Gasteiger partial charge in [-0.1, -0.05) is 12.1 Å². The Morgan fingerprint density at radius 1 is 1.04 bits per heavy atom. The van der Waals surface area contributed by atoms with Crippen LogP contribution in [0.3, 0.4) is 0 Å². The van der Waals surface area contributed by atoms with E-state index in [1.165, 1.54) is 4.31 Å². The number of nitrogens with zero attached hydrogens (tertiary/aromatic N) is 1. The average molecular weight is 402 g/mol. The molecule has 148 valence electrons. The number of sulfonamides is 1. The maximum absolute atomic E-state index is 12.6. The predicted octanol–water partition coefficient (Wildman–Crippen LogP) is 2.32. The van der Waals surface area contributed by atoms with Crippen molar-refractivity contribution < 1.29 is 22.7 Å². The Balaban J connectivity index is 1.45. The van der Waals surface area contributed by atoms with E-state index in [0.29, 0.717) is 55.5 Å². The lowest BCUT2D eigenvalue weighted by molar-refractivity contribution is 0.0950. The van der Waals surface area contributed by atoms with Crippen LogP contribution in [0, 0.1) is 0 Å². The summed E-state index contributed by atoms with van der Waals surface area (Å²) in [7, 11) is -3.31. The van der Waals surface area contributed by atoms with Crippen LogP contribution in [-0.2, 0) is 16.6 Å². The molecule has 0 aliphatic carbocycles. The summed E-state index contributed by atoms with van der Waals surface area (Å²) in [5, 5.41) is 2.87. The Morgan fingerprint density at radius 3 is 2.68 bits per heavy atom. The fourth-order valence-electron chi connectivity index (χ4n) is 3.36. The molecular formula is C20H22N2O5S. The second kappa shape index (κ2) is 7.71. The highest BCUT2D eigenvalue weighted by atomic mass is 32.2. The monoisotopic (exact) mass is 402 g/mol. The van der Waals surface area contributed by atoms with Crippen LogP contribution in [0.1, 0.15) is 28.8 Å². The van der Waals surface area contributed by atoms with Gasteiger partial charge in [-0.05, 0) is 48.7 Å². The van der Waals surface area contributed by atoms with Gasteiger partial charge in [0.1, 0.15) is 13.2 Å². The van der Waals surface area contributed by atoms with Crippen molar-refractivity contribution in [2.45, 2.75) is 19.4 Å². The lowest BCUT2D eigenvalue weighted by atomic mass is 10.1. The van der Waals surface area contributed by atoms with Gasteiger partial charge in [-0.15, -0.1) is 0 Å². The van der Waals surface area contributed by atoms with E-state index in [4.69, 9.17) is 9.47 Å². The first kappa shape index (κ1) is 18.6. The first-order chi connectivity index (χ1) is 13.5. The van der Waals surface area contributed by atoms with E-state index in [1.54, 1.807) is 24.3 Å². The number of amides is 1. The van der Waals surface area contributed by atoms with Crippen molar-refractivity contribution in [3.63, 3.8) is 0 Å². The number of benzene rings is 2. The Morgan fingerprint density at radius 2 is 1.86 bits per heavy atom. The van der Waals surface area contributed by atoms with Gasteiger partial charge in [0, 0.05) is 18.7 Å². The molecule has 4 rings (SSSR count). The summed E-state index contributed by atoms with van der Waals surface area (Å²) in [4.78, 5) is 12.6. The summed E-state index contributed by atoms with van der Waals surface area (Å²) in [6, 6.07) is 12.3. The molecule has 2 aromatic rings. The molecule has 2 aromatic carbocycles. The first-order valence-corrected chi connectivity index (χ1v) is 10.9. The molecule has 1 amide bonds. The molecule has 2 aliphatic rings. The van der Waals surface area contributed by atoms with E-state index in [-0.39, 0.29) is 11.7 Å². The van der Waals surface area contributed by atoms with Crippen molar-refractivity contribution in [2.24, 2.45) is 0 Å². The van der Waals surface area contributed by atoms with Gasteiger partial charge in [0.25, 0.3) is 5.91 Å². The molecule has 1 saturated heterocycles. The first-order valence-electron chi connectivity index (χ1n) is 9.30. The molecule has 0 atom stereocenters. The molecule has 0 radical (unpaired) electrons. The van der Waals surface area contributed by atoms with E-state index in [1.807, 2.05) is 18.2 Å². The number of ether oxygens (including phenoxy) is 2. The lowest BCUT2D eigenvalue weighted by Crippen LogP contribution is -2.38. The van der Waals surface area contributed by atoms with Crippen molar-refractivity contribution in [1.82, 2.24) is 5.32 Å². The van der Waals surface area contributed by atoms with Gasteiger partial charge < -0.3 is 14.8 Å². The van der Waals surface area contributed by atoms with Crippen molar-refractivity contribution >= 4 is 21.6 Å². The van der Waals surface area contributed by atoms with Gasteiger partial charge in [0.2, 0.25) is 10.0 Å². The third-order valence-corrected chi connectivity index (χ3v) is 6.67. The topological polar surface area (TPSA) is 84.9 Å². The summed E-state index contributed by atoms with van der Waals surface area (Å²) in [5.74, 6) is 1.27. The summed E-state index contributed by atoms with van der Waals surface area (Å²) >= 11 is 0. The molecule has 1 fully saturated rings. The van der Waals surface area contributed by atoms with Crippen molar-refractivity contribution in [3.8, 4) is 11.5 Å². The Kier molecular flexibility index (Phi) is 5.13. The minimum absolute atomic E-state index is 0.146. The van der Waals surface area contributed by atoms with Crippen LogP contribution >= 0.6 is 0 Å². The molecule has 28 heavy (non-hydrogen) atoms. The highest BCUT2D eigenvalue weighted by Crippen LogP contribution is 2.30. The third-order valence-electron chi connectivity index (χ3n) is 4.81. The van der Waals surface area contributed by atoms with Crippen molar-refractivity contribution in [1.29, 1.82) is 0 Å². The number of fused-ring (bicyclic) bond motifs is 1. The van der Waals surface area contributed by atoms with Gasteiger partial charge in [-0.2, -0.15) is 0 Å². The van der Waals surface area contributed by atoms with E-state index in [2.05, 4.69) is 5.32 Å². The minimum Gasteiger partial charge on any atom is -0.486 e. The predicted molar refractivity (Wildman–Crippen MR) is 105 cm³/mol. The van der Waals surface area contributed by atoms with Crippen LogP contribution in [0.4, 0.5) is 5.69 Å². The number of hydrogen-bond donors (Lipinski definition) is 1. The number of rotatable bonds is 4. The summed E-state index contributed by atoms with van der Waals surface area (Å²) in [5.41, 5.74) is 1.86. The maximum Gasteiger partial charge on any atom is 0.251 e. The zero-order chi connectivity index (χ0) is 19.6. The fraction of sp³-hybridized carbons (Fsp3) is 0.350. The van der Waals surface area contributed by atoms with Crippen molar-refractivity contribution in [2.75, 3.05) is 29.8 Å². The van der Waals surface area contributed by atoms with Crippen LogP contribution in [0.5, 0.6) is 11.5 Å². The summed E-state index contributed by atoms with van der Waals surface area (Å²) in [6.07, 6.45) is 1.49. The molecule has 8 heteroatoms. The molecule has 0 unspecified atom stereocenters.